The van der Waals surface area contributed by atoms with Gasteiger partial charge in [0.2, 0.25) is 5.78 Å². The highest BCUT2D eigenvalue weighted by atomic mass is 16.3. The van der Waals surface area contributed by atoms with Crippen molar-refractivity contribution in [2.45, 2.75) is 112 Å². The van der Waals surface area contributed by atoms with Crippen LogP contribution in [-0.4, -0.2) is 43.4 Å². The number of phenolic OH excluding ortho intramolecular Hbond substituents is 1. The van der Waals surface area contributed by atoms with E-state index in [-0.39, 0.29) is 34.6 Å². The average molecular weight is 609 g/mol. The van der Waals surface area contributed by atoms with Gasteiger partial charge in [-0.05, 0) is 61.0 Å². The van der Waals surface area contributed by atoms with E-state index in [1.807, 2.05) is 26.8 Å². The number of aliphatic hydroxyl groups is 3. The van der Waals surface area contributed by atoms with Crippen LogP contribution in [0.3, 0.4) is 0 Å². The Balaban J connectivity index is 2.15. The zero-order valence-corrected chi connectivity index (χ0v) is 28.0. The second-order valence-electron chi connectivity index (χ2n) is 15.0. The molecule has 4 N–H and O–H groups in total. The Morgan fingerprint density at radius 2 is 1.64 bits per heavy atom. The number of ketones is 3. The van der Waals surface area contributed by atoms with E-state index < -0.39 is 62.7 Å². The minimum atomic E-state index is -2.64. The monoisotopic (exact) mass is 608 g/mol. The van der Waals surface area contributed by atoms with Crippen LogP contribution in [0.1, 0.15) is 118 Å². The Labute approximate surface area is 262 Å². The molecule has 3 aliphatic rings. The third kappa shape index (κ3) is 4.59. The van der Waals surface area contributed by atoms with E-state index >= 15 is 4.79 Å². The summed E-state index contributed by atoms with van der Waals surface area (Å²) in [6.07, 6.45) is 4.82. The van der Waals surface area contributed by atoms with Gasteiger partial charge in [0, 0.05) is 22.3 Å². The second-order valence-corrected chi connectivity index (χ2v) is 15.0. The number of phenols is 1. The summed E-state index contributed by atoms with van der Waals surface area (Å²) in [6, 6.07) is 5.11. The lowest BCUT2D eigenvalue weighted by molar-refractivity contribution is -0.201. The molecule has 0 aromatic heterocycles. The van der Waals surface area contributed by atoms with Crippen LogP contribution in [0.4, 0.5) is 0 Å². The maximum atomic E-state index is 15.0. The van der Waals surface area contributed by atoms with E-state index in [0.29, 0.717) is 18.8 Å². The van der Waals surface area contributed by atoms with Crippen LogP contribution in [0.5, 0.6) is 5.75 Å². The highest BCUT2D eigenvalue weighted by molar-refractivity contribution is 6.24. The molecular weight excluding hydrogens is 556 g/mol. The summed E-state index contributed by atoms with van der Waals surface area (Å²) < 4.78 is 0. The minimum absolute atomic E-state index is 0.0417. The molecule has 3 aliphatic carbocycles. The number of allylic oxidation sites excluding steroid dienone is 1. The summed E-state index contributed by atoms with van der Waals surface area (Å²) in [7, 11) is 0. The Kier molecular flexibility index (Phi) is 9.09. The van der Waals surface area contributed by atoms with Crippen molar-refractivity contribution in [2.75, 3.05) is 0 Å². The Hall–Kier alpha value is -2.93. The molecule has 44 heavy (non-hydrogen) atoms. The number of hydrogen-bond donors (Lipinski definition) is 4. The average Bonchev–Trinajstić information content (AvgIpc) is 2.92. The van der Waals surface area contributed by atoms with E-state index in [1.54, 1.807) is 13.0 Å². The van der Waals surface area contributed by atoms with Crippen molar-refractivity contribution in [3.05, 3.63) is 46.2 Å². The molecule has 0 radical (unpaired) electrons. The summed E-state index contributed by atoms with van der Waals surface area (Å²) in [4.78, 5) is 42.0. The van der Waals surface area contributed by atoms with E-state index in [0.717, 1.165) is 38.2 Å². The fraction of sp³-hybridized carbons (Fsp3) is 0.649. The molecule has 0 saturated heterocycles. The van der Waals surface area contributed by atoms with Gasteiger partial charge in [0.15, 0.2) is 17.2 Å². The first-order valence-electron chi connectivity index (χ1n) is 16.5. The van der Waals surface area contributed by atoms with Gasteiger partial charge < -0.3 is 20.4 Å². The molecule has 7 nitrogen and oxygen atoms in total. The molecule has 1 saturated carbocycles. The molecule has 0 bridgehead atoms. The van der Waals surface area contributed by atoms with Crippen molar-refractivity contribution in [1.82, 2.24) is 0 Å². The standard InChI is InChI=1S/C37H52O7/c1-10-21(6)18-26-35(8)24(16-12-11-14-19(2)3)23-15-13-17-25(39)28(23)32(41)30(35)34(43)37(44)33(42)27(22(7)38)31(40)29(20(4)5)36(26,37)9/h13,15,17,19-21,24,26,29,39,41-42,44H,10-12,14,16,18H2,1-9H3/t21?,24-,26-,29?,35-,36-,37+/m1/s1. The zero-order valence-electron chi connectivity index (χ0n) is 28.0. The number of Topliss-reactive ketones (excluding diaryl/α,β-unsaturated/α-hetero) is 3. The molecule has 1 aromatic carbocycles. The van der Waals surface area contributed by atoms with Crippen molar-refractivity contribution in [2.24, 2.45) is 40.4 Å². The lowest BCUT2D eigenvalue weighted by atomic mass is 9.36. The van der Waals surface area contributed by atoms with Gasteiger partial charge in [0.05, 0.1) is 5.56 Å². The van der Waals surface area contributed by atoms with Gasteiger partial charge in [-0.3, -0.25) is 14.4 Å². The summed E-state index contributed by atoms with van der Waals surface area (Å²) >= 11 is 0. The molecule has 4 rings (SSSR count). The molecule has 1 fully saturated rings. The number of carbonyl (C=O) groups is 3. The maximum absolute atomic E-state index is 15.0. The first kappa shape index (κ1) is 34.0. The number of aromatic hydroxyl groups is 1. The topological polar surface area (TPSA) is 132 Å². The summed E-state index contributed by atoms with van der Waals surface area (Å²) in [6.45, 7) is 17.1. The fourth-order valence-corrected chi connectivity index (χ4v) is 9.33. The van der Waals surface area contributed by atoms with Crippen molar-refractivity contribution < 1.29 is 34.8 Å². The minimum Gasteiger partial charge on any atom is -0.508 e. The number of hydrogen-bond acceptors (Lipinski definition) is 7. The number of aliphatic hydroxyl groups excluding tert-OH is 2. The smallest absolute Gasteiger partial charge is 0.203 e. The van der Waals surface area contributed by atoms with Gasteiger partial charge in [-0.1, -0.05) is 93.2 Å². The molecule has 0 spiro atoms. The van der Waals surface area contributed by atoms with E-state index in [1.165, 1.54) is 6.07 Å². The number of carbonyl (C=O) groups excluding carboxylic acids is 3. The third-order valence-corrected chi connectivity index (χ3v) is 11.6. The summed E-state index contributed by atoms with van der Waals surface area (Å²) in [5.74, 6) is -5.26. The second kappa shape index (κ2) is 11.8. The van der Waals surface area contributed by atoms with Crippen LogP contribution in [0, 0.1) is 40.4 Å². The fourth-order valence-electron chi connectivity index (χ4n) is 9.33. The van der Waals surface area contributed by atoms with Gasteiger partial charge in [-0.15, -0.1) is 0 Å². The van der Waals surface area contributed by atoms with Gasteiger partial charge in [-0.2, -0.15) is 0 Å². The van der Waals surface area contributed by atoms with Crippen molar-refractivity contribution in [3.8, 4) is 5.75 Å². The molecule has 0 amide bonds. The summed E-state index contributed by atoms with van der Waals surface area (Å²) in [5, 5.41) is 47.5. The van der Waals surface area contributed by atoms with Gasteiger partial charge in [0.1, 0.15) is 22.8 Å². The van der Waals surface area contributed by atoms with Gasteiger partial charge >= 0.3 is 0 Å². The Morgan fingerprint density at radius 1 is 1.00 bits per heavy atom. The number of unbranched alkanes of at least 4 members (excludes halogenated alkanes) is 1. The molecule has 1 aromatic rings. The van der Waals surface area contributed by atoms with Crippen LogP contribution in [-0.2, 0) is 14.4 Å². The normalized spacial score (nSPS) is 32.6. The highest BCUT2D eigenvalue weighted by Gasteiger charge is 2.76. The molecular formula is C37H52O7. The molecule has 7 atom stereocenters. The Morgan fingerprint density at radius 3 is 2.18 bits per heavy atom. The van der Waals surface area contributed by atoms with Crippen LogP contribution in [0.2, 0.25) is 0 Å². The van der Waals surface area contributed by atoms with Crippen molar-refractivity contribution in [3.63, 3.8) is 0 Å². The number of benzene rings is 1. The van der Waals surface area contributed by atoms with Crippen LogP contribution >= 0.6 is 0 Å². The molecule has 7 heteroatoms. The highest BCUT2D eigenvalue weighted by Crippen LogP contribution is 2.72. The van der Waals surface area contributed by atoms with Crippen LogP contribution in [0.15, 0.2) is 35.1 Å². The molecule has 0 heterocycles. The lowest BCUT2D eigenvalue weighted by Crippen LogP contribution is -2.73. The SMILES string of the molecule is CCC(C)C[C@@H]1[C@]2(C)C(=C(O)c3c(O)cccc3[C@H]2CCCCC(C)C)C(=O)[C@@]2(O)C(O)=C(C(C)=O)C(=O)C(C(C)C)[C@@]12C. The quantitative estimate of drug-likeness (QED) is 0.159. The maximum Gasteiger partial charge on any atom is 0.203 e. The Bertz CT molecular complexity index is 1420. The van der Waals surface area contributed by atoms with Gasteiger partial charge in [-0.25, -0.2) is 0 Å². The summed E-state index contributed by atoms with van der Waals surface area (Å²) in [5.41, 5.74) is -4.90. The van der Waals surface area contributed by atoms with Crippen LogP contribution < -0.4 is 0 Å². The molecule has 0 aliphatic heterocycles. The largest absolute Gasteiger partial charge is 0.508 e. The van der Waals surface area contributed by atoms with Crippen molar-refractivity contribution >= 4 is 23.1 Å². The number of fused-ring (bicyclic) bond motifs is 3. The van der Waals surface area contributed by atoms with E-state index in [2.05, 4.69) is 27.7 Å². The predicted octanol–water partition coefficient (Wildman–Crippen LogP) is 7.61. The third-order valence-electron chi connectivity index (χ3n) is 11.6. The van der Waals surface area contributed by atoms with E-state index in [9.17, 15) is 30.0 Å². The van der Waals surface area contributed by atoms with Crippen molar-refractivity contribution in [1.29, 1.82) is 0 Å². The van der Waals surface area contributed by atoms with Gasteiger partial charge in [0.25, 0.3) is 0 Å². The molecule has 242 valence electrons. The number of rotatable bonds is 10. The first-order valence-corrected chi connectivity index (χ1v) is 16.5. The zero-order chi connectivity index (χ0) is 33.1. The predicted molar refractivity (Wildman–Crippen MR) is 171 cm³/mol. The molecule has 2 unspecified atom stereocenters. The first-order chi connectivity index (χ1) is 20.4. The lowest BCUT2D eigenvalue weighted by Gasteiger charge is -2.66. The van der Waals surface area contributed by atoms with E-state index in [4.69, 9.17) is 0 Å². The van der Waals surface area contributed by atoms with Crippen LogP contribution in [0.25, 0.3) is 5.76 Å².